The number of rotatable bonds is 72. The van der Waals surface area contributed by atoms with Crippen molar-refractivity contribution in [2.75, 3.05) is 39.6 Å². The van der Waals surface area contributed by atoms with Crippen molar-refractivity contribution in [3.8, 4) is 0 Å². The number of ether oxygens (including phenoxy) is 4. The first-order valence-corrected chi connectivity index (χ1v) is 41.7. The highest BCUT2D eigenvalue weighted by Gasteiger charge is 2.30. The van der Waals surface area contributed by atoms with E-state index in [0.29, 0.717) is 31.6 Å². The van der Waals surface area contributed by atoms with Gasteiger partial charge >= 0.3 is 39.5 Å². The molecule has 0 saturated heterocycles. The normalized spacial score (nSPS) is 14.2. The fourth-order valence-electron chi connectivity index (χ4n) is 11.4. The van der Waals surface area contributed by atoms with Crippen LogP contribution in [0.5, 0.6) is 0 Å². The monoisotopic (exact) mass is 1380 g/mol. The average molecular weight is 1380 g/mol. The molecule has 0 spiro atoms. The Morgan fingerprint density at radius 2 is 0.447 bits per heavy atom. The highest BCUT2D eigenvalue weighted by atomic mass is 31.2. The van der Waals surface area contributed by atoms with Crippen molar-refractivity contribution in [2.24, 2.45) is 23.7 Å². The highest BCUT2D eigenvalue weighted by molar-refractivity contribution is 7.47. The van der Waals surface area contributed by atoms with Gasteiger partial charge in [0.1, 0.15) is 19.3 Å². The standard InChI is InChI=1S/C75H146O17P2/c1-65(2)51-43-35-27-21-15-11-9-10-12-18-24-30-39-47-55-72(77)85-61-70(91-74(79)57-49-41-31-25-19-13-16-22-28-36-44-52-66(3)4)63-89-93(81,82)87-59-69(76)60-88-94(83,84)90-64-71(62-86-73(78)56-48-40-34-33-38-46-54-68(7)8)92-75(80)58-50-42-32-26-20-14-17-23-29-37-45-53-67(5)6/h65-71,76H,9-64H2,1-8H3,(H,81,82)(H,83,84)/t69-,70-,71-/m1/s1. The number of aliphatic hydroxyl groups is 1. The molecule has 0 aromatic heterocycles. The van der Waals surface area contributed by atoms with Crippen LogP contribution in [-0.4, -0.2) is 96.7 Å². The smallest absolute Gasteiger partial charge is 0.462 e. The number of esters is 4. The predicted molar refractivity (Wildman–Crippen MR) is 381 cm³/mol. The third kappa shape index (κ3) is 68.6. The van der Waals surface area contributed by atoms with Crippen molar-refractivity contribution in [3.63, 3.8) is 0 Å². The second-order valence-corrected chi connectivity index (χ2v) is 31.9. The lowest BCUT2D eigenvalue weighted by atomic mass is 10.0. The molecular weight excluding hydrogens is 1230 g/mol. The van der Waals surface area contributed by atoms with Crippen LogP contribution in [0.3, 0.4) is 0 Å². The number of hydrogen-bond acceptors (Lipinski definition) is 15. The highest BCUT2D eigenvalue weighted by Crippen LogP contribution is 2.45. The zero-order chi connectivity index (χ0) is 69.6. The summed E-state index contributed by atoms with van der Waals surface area (Å²) < 4.78 is 68.5. The maximum absolute atomic E-state index is 13.1. The molecule has 0 aliphatic carbocycles. The van der Waals surface area contributed by atoms with E-state index >= 15 is 0 Å². The zero-order valence-electron chi connectivity index (χ0n) is 61.6. The van der Waals surface area contributed by atoms with Gasteiger partial charge in [-0.1, -0.05) is 325 Å². The Morgan fingerprint density at radius 3 is 0.660 bits per heavy atom. The van der Waals surface area contributed by atoms with Gasteiger partial charge in [-0.15, -0.1) is 0 Å². The van der Waals surface area contributed by atoms with Crippen LogP contribution >= 0.6 is 15.6 Å². The molecule has 5 atom stereocenters. The van der Waals surface area contributed by atoms with E-state index in [9.17, 15) is 43.2 Å². The van der Waals surface area contributed by atoms with Crippen LogP contribution in [0.4, 0.5) is 0 Å². The number of carbonyl (C=O) groups excluding carboxylic acids is 4. The third-order valence-electron chi connectivity index (χ3n) is 17.3. The van der Waals surface area contributed by atoms with Gasteiger partial charge in [-0.3, -0.25) is 37.3 Å². The van der Waals surface area contributed by atoms with Crippen LogP contribution in [0.25, 0.3) is 0 Å². The van der Waals surface area contributed by atoms with Gasteiger partial charge in [0.25, 0.3) is 0 Å². The van der Waals surface area contributed by atoms with Crippen molar-refractivity contribution < 1.29 is 80.2 Å². The van der Waals surface area contributed by atoms with Crippen molar-refractivity contribution >= 4 is 39.5 Å². The van der Waals surface area contributed by atoms with Crippen LogP contribution in [0.2, 0.25) is 0 Å². The van der Waals surface area contributed by atoms with E-state index in [1.54, 1.807) is 0 Å². The van der Waals surface area contributed by atoms with Gasteiger partial charge < -0.3 is 33.8 Å². The van der Waals surface area contributed by atoms with E-state index < -0.39 is 97.5 Å². The Morgan fingerprint density at radius 1 is 0.266 bits per heavy atom. The first kappa shape index (κ1) is 92.1. The van der Waals surface area contributed by atoms with Crippen LogP contribution in [0, 0.1) is 23.7 Å². The molecule has 3 N–H and O–H groups in total. The molecule has 0 aromatic rings. The summed E-state index contributed by atoms with van der Waals surface area (Å²) in [5, 5.41) is 10.6. The van der Waals surface area contributed by atoms with Gasteiger partial charge in [-0.2, -0.15) is 0 Å². The quantitative estimate of drug-likeness (QED) is 0.0222. The Balaban J connectivity index is 5.23. The molecule has 0 fully saturated rings. The van der Waals surface area contributed by atoms with Gasteiger partial charge in [-0.05, 0) is 49.4 Å². The topological polar surface area (TPSA) is 237 Å². The Hall–Kier alpha value is -1.94. The molecule has 94 heavy (non-hydrogen) atoms. The minimum absolute atomic E-state index is 0.105. The second-order valence-electron chi connectivity index (χ2n) is 28.9. The summed E-state index contributed by atoms with van der Waals surface area (Å²) in [6.07, 6.45) is 48.7. The first-order chi connectivity index (χ1) is 45.1. The molecule has 0 rings (SSSR count). The minimum atomic E-state index is -4.96. The lowest BCUT2D eigenvalue weighted by molar-refractivity contribution is -0.161. The number of carbonyl (C=O) groups is 4. The lowest BCUT2D eigenvalue weighted by Crippen LogP contribution is -2.30. The summed E-state index contributed by atoms with van der Waals surface area (Å²) in [5.41, 5.74) is 0. The largest absolute Gasteiger partial charge is 0.472 e. The van der Waals surface area contributed by atoms with Gasteiger partial charge in [-0.25, -0.2) is 9.13 Å². The van der Waals surface area contributed by atoms with Gasteiger partial charge in [0.2, 0.25) is 0 Å². The maximum Gasteiger partial charge on any atom is 0.472 e. The van der Waals surface area contributed by atoms with Gasteiger partial charge in [0.05, 0.1) is 26.4 Å². The van der Waals surface area contributed by atoms with E-state index in [1.807, 2.05) is 0 Å². The van der Waals surface area contributed by atoms with Gasteiger partial charge in [0.15, 0.2) is 12.2 Å². The van der Waals surface area contributed by atoms with Gasteiger partial charge in [0, 0.05) is 25.7 Å². The van der Waals surface area contributed by atoms with Crippen molar-refractivity contribution in [2.45, 2.75) is 395 Å². The molecule has 0 aliphatic rings. The Kier molecular flexibility index (Phi) is 63.1. The van der Waals surface area contributed by atoms with Crippen LogP contribution in [0.15, 0.2) is 0 Å². The summed E-state index contributed by atoms with van der Waals surface area (Å²) in [6.45, 7) is 14.1. The summed E-state index contributed by atoms with van der Waals surface area (Å²) in [5.74, 6) is 0.886. The van der Waals surface area contributed by atoms with Crippen molar-refractivity contribution in [1.29, 1.82) is 0 Å². The molecule has 0 aromatic carbocycles. The molecule has 0 amide bonds. The number of unbranched alkanes of at least 4 members (excludes halogenated alkanes) is 38. The van der Waals surface area contributed by atoms with Crippen molar-refractivity contribution in [1.82, 2.24) is 0 Å². The van der Waals surface area contributed by atoms with Crippen LogP contribution < -0.4 is 0 Å². The first-order valence-electron chi connectivity index (χ1n) is 38.7. The molecule has 0 heterocycles. The Labute approximate surface area is 575 Å². The summed E-state index contributed by atoms with van der Waals surface area (Å²) >= 11 is 0. The molecule has 19 heteroatoms. The molecule has 2 unspecified atom stereocenters. The predicted octanol–water partition coefficient (Wildman–Crippen LogP) is 21.7. The minimum Gasteiger partial charge on any atom is -0.462 e. The SMILES string of the molecule is CC(C)CCCCCCCCCCCCCCCCC(=O)OC[C@H](COP(=O)(O)OC[C@@H](O)COP(=O)(O)OC[C@@H](COC(=O)CCCCCCCCC(C)C)OC(=O)CCCCCCCCCCCCCC(C)C)OC(=O)CCCCCCCCCCCCCC(C)C. The molecule has 17 nitrogen and oxygen atoms in total. The number of phosphoric ester groups is 2. The van der Waals surface area contributed by atoms with Crippen LogP contribution in [-0.2, 0) is 65.4 Å². The van der Waals surface area contributed by atoms with E-state index in [2.05, 4.69) is 55.4 Å². The number of hydrogen-bond donors (Lipinski definition) is 3. The van der Waals surface area contributed by atoms with E-state index in [4.69, 9.17) is 37.0 Å². The maximum atomic E-state index is 13.1. The van der Waals surface area contributed by atoms with Crippen LogP contribution in [0.1, 0.15) is 376 Å². The summed E-state index contributed by atoms with van der Waals surface area (Å²) in [6, 6.07) is 0. The van der Waals surface area contributed by atoms with E-state index in [0.717, 1.165) is 114 Å². The second kappa shape index (κ2) is 64.4. The molecule has 0 bridgehead atoms. The Bertz CT molecular complexity index is 1850. The number of aliphatic hydroxyl groups excluding tert-OH is 1. The molecule has 0 saturated carbocycles. The zero-order valence-corrected chi connectivity index (χ0v) is 63.4. The summed E-state index contributed by atoms with van der Waals surface area (Å²) in [4.78, 5) is 72.7. The molecule has 0 radical (unpaired) electrons. The molecule has 0 aliphatic heterocycles. The van der Waals surface area contributed by atoms with E-state index in [1.165, 1.54) is 173 Å². The summed E-state index contributed by atoms with van der Waals surface area (Å²) in [7, 11) is -9.91. The van der Waals surface area contributed by atoms with Crippen molar-refractivity contribution in [3.05, 3.63) is 0 Å². The number of phosphoric acid groups is 2. The average Bonchev–Trinajstić information content (AvgIpc) is 1.18. The fraction of sp³-hybridized carbons (Fsp3) is 0.947. The van der Waals surface area contributed by atoms with E-state index in [-0.39, 0.29) is 25.7 Å². The molecule has 558 valence electrons. The fourth-order valence-corrected chi connectivity index (χ4v) is 13.0. The lowest BCUT2D eigenvalue weighted by Gasteiger charge is -2.21. The third-order valence-corrected chi connectivity index (χ3v) is 19.2. The molecular formula is C75H146O17P2.